The molecule has 0 amide bonds. The standard InChI is InChI=1S/C28H37N7.C2H6/c1-6-11-27(23-10-12-28(23)24(27)16-35(28)5)34-18(4)20-8-9-21(19(7-2)13-20)32-26-30-15-22-25(33-26)29-14-17(3)31-22;1-2/h8-9,13,15,23-24,31,34H,3-4,6-7,10-12,14,16H2,1-2,5H3,(H2,29,30,32,33);1-2H3. The SMILES string of the molecule is C=C1CNc2nc(Nc3ccc(C(=C)NC4(CCC)C5CCC56C4CN6C)cc3CC)ncc2N1.CC. The van der Waals surface area contributed by atoms with Crippen LogP contribution >= 0.6 is 0 Å². The van der Waals surface area contributed by atoms with Crippen molar-refractivity contribution in [1.82, 2.24) is 20.2 Å². The molecule has 4 N–H and O–H groups in total. The lowest BCUT2D eigenvalue weighted by Crippen LogP contribution is -2.94. The van der Waals surface area contributed by atoms with Gasteiger partial charge in [-0.2, -0.15) is 4.98 Å². The maximum absolute atomic E-state index is 4.64. The minimum Gasteiger partial charge on any atom is -0.379 e. The Morgan fingerprint density at radius 2 is 2.05 bits per heavy atom. The fourth-order valence-electron chi connectivity index (χ4n) is 7.43. The zero-order chi connectivity index (χ0) is 26.4. The van der Waals surface area contributed by atoms with Gasteiger partial charge in [0.2, 0.25) is 5.95 Å². The molecule has 7 nitrogen and oxygen atoms in total. The molecule has 37 heavy (non-hydrogen) atoms. The first-order valence-corrected chi connectivity index (χ1v) is 14.1. The van der Waals surface area contributed by atoms with Gasteiger partial charge in [0.25, 0.3) is 0 Å². The number of fused-ring (bicyclic) bond motifs is 1. The molecule has 6 rings (SSSR count). The molecule has 4 unspecified atom stereocenters. The van der Waals surface area contributed by atoms with Crippen molar-refractivity contribution in [3.63, 3.8) is 0 Å². The number of rotatable bonds is 8. The van der Waals surface area contributed by atoms with E-state index in [9.17, 15) is 0 Å². The van der Waals surface area contributed by atoms with E-state index in [-0.39, 0.29) is 5.54 Å². The number of anilines is 4. The van der Waals surface area contributed by atoms with Crippen molar-refractivity contribution < 1.29 is 0 Å². The molecule has 198 valence electrons. The van der Waals surface area contributed by atoms with E-state index in [1.165, 1.54) is 43.4 Å². The van der Waals surface area contributed by atoms with E-state index < -0.39 is 0 Å². The Hall–Kier alpha value is -3.06. The molecule has 2 saturated carbocycles. The van der Waals surface area contributed by atoms with Crippen molar-refractivity contribution in [2.24, 2.45) is 11.8 Å². The molecule has 0 bridgehead atoms. The highest BCUT2D eigenvalue weighted by atomic mass is 15.3. The van der Waals surface area contributed by atoms with Gasteiger partial charge in [0.05, 0.1) is 12.7 Å². The van der Waals surface area contributed by atoms with Gasteiger partial charge in [-0.25, -0.2) is 4.98 Å². The van der Waals surface area contributed by atoms with Crippen molar-refractivity contribution in [1.29, 1.82) is 0 Å². The van der Waals surface area contributed by atoms with Crippen LogP contribution in [-0.4, -0.2) is 46.1 Å². The van der Waals surface area contributed by atoms with E-state index in [1.54, 1.807) is 6.20 Å². The van der Waals surface area contributed by atoms with Crippen LogP contribution in [0.3, 0.4) is 0 Å². The Morgan fingerprint density at radius 3 is 2.70 bits per heavy atom. The van der Waals surface area contributed by atoms with E-state index in [0.717, 1.165) is 46.8 Å². The highest BCUT2D eigenvalue weighted by Crippen LogP contribution is 2.72. The molecule has 1 aromatic carbocycles. The Labute approximate surface area is 222 Å². The van der Waals surface area contributed by atoms with Gasteiger partial charge in [-0.15, -0.1) is 0 Å². The summed E-state index contributed by atoms with van der Waals surface area (Å²) in [6, 6.07) is 6.56. The maximum atomic E-state index is 4.64. The van der Waals surface area contributed by atoms with Gasteiger partial charge >= 0.3 is 0 Å². The number of hydrogen-bond donors (Lipinski definition) is 4. The van der Waals surface area contributed by atoms with Crippen molar-refractivity contribution in [3.8, 4) is 0 Å². The summed E-state index contributed by atoms with van der Waals surface area (Å²) >= 11 is 0. The summed E-state index contributed by atoms with van der Waals surface area (Å²) in [7, 11) is 2.31. The Balaban J connectivity index is 0.00000137. The smallest absolute Gasteiger partial charge is 0.229 e. The first-order chi connectivity index (χ1) is 17.9. The summed E-state index contributed by atoms with van der Waals surface area (Å²) in [6.07, 6.45) is 7.83. The summed E-state index contributed by atoms with van der Waals surface area (Å²) < 4.78 is 0. The molecule has 1 spiro atoms. The van der Waals surface area contributed by atoms with E-state index in [4.69, 9.17) is 0 Å². The largest absolute Gasteiger partial charge is 0.379 e. The summed E-state index contributed by atoms with van der Waals surface area (Å²) in [4.78, 5) is 11.7. The third-order valence-electron chi connectivity index (χ3n) is 9.15. The van der Waals surface area contributed by atoms with Gasteiger partial charge in [-0.05, 0) is 56.0 Å². The first-order valence-electron chi connectivity index (χ1n) is 14.1. The number of piperidine rings is 1. The maximum Gasteiger partial charge on any atom is 0.229 e. The van der Waals surface area contributed by atoms with Crippen molar-refractivity contribution in [2.75, 3.05) is 36.1 Å². The van der Waals surface area contributed by atoms with Crippen LogP contribution in [0, 0.1) is 11.8 Å². The quantitative estimate of drug-likeness (QED) is 0.354. The minimum absolute atomic E-state index is 0.212. The van der Waals surface area contributed by atoms with Crippen molar-refractivity contribution in [2.45, 2.75) is 70.9 Å². The van der Waals surface area contributed by atoms with E-state index in [0.29, 0.717) is 18.0 Å². The molecule has 4 aliphatic rings. The van der Waals surface area contributed by atoms with Gasteiger partial charge in [-0.3, -0.25) is 4.90 Å². The Morgan fingerprint density at radius 1 is 1.24 bits per heavy atom. The van der Waals surface area contributed by atoms with Crippen molar-refractivity contribution in [3.05, 3.63) is 54.4 Å². The number of aromatic nitrogens is 2. The van der Waals surface area contributed by atoms with Gasteiger partial charge in [-0.1, -0.05) is 53.3 Å². The van der Waals surface area contributed by atoms with Crippen LogP contribution in [0.5, 0.6) is 0 Å². The highest BCUT2D eigenvalue weighted by Gasteiger charge is 2.80. The van der Waals surface area contributed by atoms with Gasteiger partial charge in [0.1, 0.15) is 5.69 Å². The molecule has 2 aliphatic heterocycles. The average molecular weight is 502 g/mol. The van der Waals surface area contributed by atoms with Crippen LogP contribution in [0.4, 0.5) is 23.1 Å². The predicted molar refractivity (Wildman–Crippen MR) is 155 cm³/mol. The summed E-state index contributed by atoms with van der Waals surface area (Å²) in [5.74, 6) is 2.88. The predicted octanol–water partition coefficient (Wildman–Crippen LogP) is 5.98. The first kappa shape index (κ1) is 25.6. The number of nitrogens with zero attached hydrogens (tertiary/aromatic N) is 3. The summed E-state index contributed by atoms with van der Waals surface area (Å²) in [5.41, 5.74) is 6.94. The molecule has 0 radical (unpaired) electrons. The van der Waals surface area contributed by atoms with Gasteiger partial charge in [0, 0.05) is 46.5 Å². The lowest BCUT2D eigenvalue weighted by molar-refractivity contribution is -0.308. The number of benzene rings is 1. The summed E-state index contributed by atoms with van der Waals surface area (Å²) in [6.45, 7) is 18.8. The van der Waals surface area contributed by atoms with E-state index in [1.807, 2.05) is 13.8 Å². The van der Waals surface area contributed by atoms with Crippen LogP contribution in [0.2, 0.25) is 0 Å². The highest BCUT2D eigenvalue weighted by molar-refractivity contribution is 5.73. The molecular formula is C30H43N7. The van der Waals surface area contributed by atoms with E-state index in [2.05, 4.69) is 88.4 Å². The topological polar surface area (TPSA) is 77.1 Å². The number of hydrogen-bond acceptors (Lipinski definition) is 7. The molecule has 7 heteroatoms. The van der Waals surface area contributed by atoms with Crippen LogP contribution in [0.1, 0.15) is 64.5 Å². The lowest BCUT2D eigenvalue weighted by atomic mass is 9.33. The van der Waals surface area contributed by atoms with Crippen LogP contribution in [0.15, 0.2) is 43.3 Å². The monoisotopic (exact) mass is 501 g/mol. The molecule has 1 aromatic heterocycles. The van der Waals surface area contributed by atoms with Gasteiger partial charge in [0.15, 0.2) is 5.82 Å². The third-order valence-corrected chi connectivity index (χ3v) is 9.15. The Kier molecular flexibility index (Phi) is 6.69. The fourth-order valence-corrected chi connectivity index (χ4v) is 7.43. The van der Waals surface area contributed by atoms with Crippen LogP contribution in [0.25, 0.3) is 5.70 Å². The molecule has 1 saturated heterocycles. The lowest BCUT2D eigenvalue weighted by Gasteiger charge is -2.84. The molecule has 4 atom stereocenters. The molecule has 2 aromatic rings. The van der Waals surface area contributed by atoms with Crippen LogP contribution in [-0.2, 0) is 6.42 Å². The second-order valence-corrected chi connectivity index (χ2v) is 10.8. The normalized spacial score (nSPS) is 28.7. The second kappa shape index (κ2) is 9.67. The van der Waals surface area contributed by atoms with Gasteiger partial charge < -0.3 is 21.3 Å². The van der Waals surface area contributed by atoms with Crippen LogP contribution < -0.4 is 21.3 Å². The van der Waals surface area contributed by atoms with Crippen molar-refractivity contribution >= 4 is 28.8 Å². The third kappa shape index (κ3) is 3.81. The second-order valence-electron chi connectivity index (χ2n) is 10.8. The molecule has 2 aliphatic carbocycles. The van der Waals surface area contributed by atoms with E-state index >= 15 is 0 Å². The molecular weight excluding hydrogens is 458 g/mol. The zero-order valence-electron chi connectivity index (χ0n) is 23.2. The average Bonchev–Trinajstić information content (AvgIpc) is 2.88. The molecule has 3 fully saturated rings. The Bertz CT molecular complexity index is 1200. The number of aryl methyl sites for hydroxylation is 1. The summed E-state index contributed by atoms with van der Waals surface area (Å²) in [5, 5.41) is 13.9. The molecule has 3 heterocycles. The fraction of sp³-hybridized carbons (Fsp3) is 0.533. The number of likely N-dealkylation sites (tertiary alicyclic amines) is 1. The zero-order valence-corrected chi connectivity index (χ0v) is 23.2. The minimum atomic E-state index is 0.212. The number of nitrogens with one attached hydrogen (secondary N) is 4.